The summed E-state index contributed by atoms with van der Waals surface area (Å²) in [5.74, 6) is 0.0251. The van der Waals surface area contributed by atoms with Crippen molar-refractivity contribution >= 4 is 15.9 Å². The third-order valence-corrected chi connectivity index (χ3v) is 7.03. The number of hydrogen-bond donors (Lipinski definition) is 1. The van der Waals surface area contributed by atoms with E-state index in [1.165, 1.54) is 35.7 Å². The van der Waals surface area contributed by atoms with Gasteiger partial charge >= 0.3 is 0 Å². The van der Waals surface area contributed by atoms with Crippen molar-refractivity contribution < 1.29 is 22.3 Å². The van der Waals surface area contributed by atoms with Gasteiger partial charge in [-0.3, -0.25) is 4.79 Å². The van der Waals surface area contributed by atoms with Crippen LogP contribution in [0.15, 0.2) is 53.4 Å². The molecular formula is C21H25FN2O4S. The first-order chi connectivity index (χ1) is 13.9. The Balaban J connectivity index is 1.66. The molecule has 6 nitrogen and oxygen atoms in total. The van der Waals surface area contributed by atoms with Crippen molar-refractivity contribution in [2.24, 2.45) is 0 Å². The zero-order valence-corrected chi connectivity index (χ0v) is 17.1. The van der Waals surface area contributed by atoms with Crippen molar-refractivity contribution in [2.75, 3.05) is 13.7 Å². The van der Waals surface area contributed by atoms with Crippen molar-refractivity contribution in [2.45, 2.75) is 43.2 Å². The third-order valence-electron chi connectivity index (χ3n) is 5.06. The Hall–Kier alpha value is -2.45. The first-order valence-corrected chi connectivity index (χ1v) is 11.0. The molecule has 1 saturated heterocycles. The number of nitrogens with zero attached hydrogens (tertiary/aromatic N) is 1. The molecule has 156 valence electrons. The van der Waals surface area contributed by atoms with Gasteiger partial charge in [-0.15, -0.1) is 0 Å². The van der Waals surface area contributed by atoms with E-state index in [0.29, 0.717) is 18.7 Å². The molecule has 2 aromatic carbocycles. The SMILES string of the molecule is COc1ccc(S(=O)(=O)N2CCCC[C@@H]2CC(=O)NCc2ccc(F)cc2)cc1. The van der Waals surface area contributed by atoms with E-state index in [0.717, 1.165) is 18.4 Å². The topological polar surface area (TPSA) is 75.7 Å². The smallest absolute Gasteiger partial charge is 0.243 e. The number of ether oxygens (including phenoxy) is 1. The van der Waals surface area contributed by atoms with Gasteiger partial charge < -0.3 is 10.1 Å². The number of hydrogen-bond acceptors (Lipinski definition) is 4. The highest BCUT2D eigenvalue weighted by molar-refractivity contribution is 7.89. The predicted octanol–water partition coefficient (Wildman–Crippen LogP) is 3.08. The molecule has 3 rings (SSSR count). The van der Waals surface area contributed by atoms with Crippen LogP contribution < -0.4 is 10.1 Å². The van der Waals surface area contributed by atoms with Crippen LogP contribution in [-0.2, 0) is 21.4 Å². The molecule has 0 radical (unpaired) electrons. The van der Waals surface area contributed by atoms with E-state index in [4.69, 9.17) is 4.74 Å². The van der Waals surface area contributed by atoms with Crippen LogP contribution in [0, 0.1) is 5.82 Å². The van der Waals surface area contributed by atoms with Crippen molar-refractivity contribution in [3.05, 3.63) is 59.9 Å². The summed E-state index contributed by atoms with van der Waals surface area (Å²) in [7, 11) is -2.18. The highest BCUT2D eigenvalue weighted by atomic mass is 32.2. The number of carbonyl (C=O) groups is 1. The van der Waals surface area contributed by atoms with Crippen molar-refractivity contribution in [1.82, 2.24) is 9.62 Å². The Labute approximate surface area is 170 Å². The fourth-order valence-corrected chi connectivity index (χ4v) is 5.16. The summed E-state index contributed by atoms with van der Waals surface area (Å²) in [6, 6.07) is 11.8. The molecule has 1 aliphatic rings. The van der Waals surface area contributed by atoms with Gasteiger partial charge in [-0.1, -0.05) is 18.6 Å². The van der Waals surface area contributed by atoms with E-state index in [-0.39, 0.29) is 35.6 Å². The molecular weight excluding hydrogens is 395 g/mol. The number of amides is 1. The van der Waals surface area contributed by atoms with Gasteiger partial charge in [0, 0.05) is 25.6 Å². The number of piperidine rings is 1. The van der Waals surface area contributed by atoms with Gasteiger partial charge in [0.2, 0.25) is 15.9 Å². The van der Waals surface area contributed by atoms with Gasteiger partial charge in [0.25, 0.3) is 0 Å². The van der Waals surface area contributed by atoms with Crippen LogP contribution in [0.1, 0.15) is 31.2 Å². The van der Waals surface area contributed by atoms with E-state index in [2.05, 4.69) is 5.32 Å². The largest absolute Gasteiger partial charge is 0.497 e. The third kappa shape index (κ3) is 5.33. The molecule has 1 fully saturated rings. The van der Waals surface area contributed by atoms with E-state index in [1.807, 2.05) is 0 Å². The molecule has 1 amide bonds. The van der Waals surface area contributed by atoms with Gasteiger partial charge in [-0.2, -0.15) is 4.31 Å². The molecule has 0 spiro atoms. The molecule has 0 aromatic heterocycles. The molecule has 1 heterocycles. The standard InChI is InChI=1S/C21H25FN2O4S/c1-28-19-9-11-20(12-10-19)29(26,27)24-13-3-2-4-18(24)14-21(25)23-15-16-5-7-17(22)8-6-16/h5-12,18H,2-4,13-15H2,1H3,(H,23,25)/t18-/m1/s1. The van der Waals surface area contributed by atoms with Crippen LogP contribution in [0.4, 0.5) is 4.39 Å². The molecule has 1 N–H and O–H groups in total. The Morgan fingerprint density at radius 1 is 1.14 bits per heavy atom. The normalized spacial score (nSPS) is 17.7. The van der Waals surface area contributed by atoms with Crippen LogP contribution in [0.25, 0.3) is 0 Å². The van der Waals surface area contributed by atoms with Crippen LogP contribution in [0.2, 0.25) is 0 Å². The van der Waals surface area contributed by atoms with Crippen LogP contribution >= 0.6 is 0 Å². The highest BCUT2D eigenvalue weighted by Gasteiger charge is 2.34. The maximum Gasteiger partial charge on any atom is 0.243 e. The number of halogens is 1. The second-order valence-corrected chi connectivity index (χ2v) is 8.94. The van der Waals surface area contributed by atoms with Crippen molar-refractivity contribution in [3.8, 4) is 5.75 Å². The zero-order chi connectivity index (χ0) is 20.9. The lowest BCUT2D eigenvalue weighted by Gasteiger charge is -2.34. The molecule has 29 heavy (non-hydrogen) atoms. The maximum absolute atomic E-state index is 13.1. The molecule has 8 heteroatoms. The summed E-state index contributed by atoms with van der Waals surface area (Å²) < 4.78 is 45.7. The fraction of sp³-hybridized carbons (Fsp3) is 0.381. The van der Waals surface area contributed by atoms with E-state index in [9.17, 15) is 17.6 Å². The zero-order valence-electron chi connectivity index (χ0n) is 16.3. The number of nitrogens with one attached hydrogen (secondary N) is 1. The Bertz CT molecular complexity index is 930. The number of carbonyl (C=O) groups excluding carboxylic acids is 1. The Morgan fingerprint density at radius 2 is 1.83 bits per heavy atom. The second kappa shape index (κ2) is 9.37. The van der Waals surface area contributed by atoms with Gasteiger partial charge in [-0.25, -0.2) is 12.8 Å². The summed E-state index contributed by atoms with van der Waals surface area (Å²) in [5, 5.41) is 2.79. The molecule has 0 aliphatic carbocycles. The lowest BCUT2D eigenvalue weighted by atomic mass is 10.0. The van der Waals surface area contributed by atoms with E-state index >= 15 is 0 Å². The van der Waals surface area contributed by atoms with Crippen LogP contribution in [0.3, 0.4) is 0 Å². The average molecular weight is 421 g/mol. The molecule has 1 aliphatic heterocycles. The summed E-state index contributed by atoms with van der Waals surface area (Å²) in [6.07, 6.45) is 2.38. The van der Waals surface area contributed by atoms with E-state index in [1.54, 1.807) is 24.3 Å². The fourth-order valence-electron chi connectivity index (χ4n) is 3.47. The highest BCUT2D eigenvalue weighted by Crippen LogP contribution is 2.28. The average Bonchev–Trinajstić information content (AvgIpc) is 2.73. The second-order valence-electron chi connectivity index (χ2n) is 7.05. The minimum atomic E-state index is -3.70. The first kappa shape index (κ1) is 21.3. The van der Waals surface area contributed by atoms with Gasteiger partial charge in [0.15, 0.2) is 0 Å². The number of sulfonamides is 1. The Kier molecular flexibility index (Phi) is 6.87. The lowest BCUT2D eigenvalue weighted by Crippen LogP contribution is -2.45. The lowest BCUT2D eigenvalue weighted by molar-refractivity contribution is -0.122. The number of rotatable bonds is 7. The quantitative estimate of drug-likeness (QED) is 0.747. The number of methoxy groups -OCH3 is 1. The van der Waals surface area contributed by atoms with Gasteiger partial charge in [0.1, 0.15) is 11.6 Å². The molecule has 0 saturated carbocycles. The van der Waals surface area contributed by atoms with E-state index < -0.39 is 10.0 Å². The number of benzene rings is 2. The van der Waals surface area contributed by atoms with Crippen LogP contribution in [-0.4, -0.2) is 38.3 Å². The summed E-state index contributed by atoms with van der Waals surface area (Å²) in [4.78, 5) is 12.6. The molecule has 1 atom stereocenters. The van der Waals surface area contributed by atoms with Crippen molar-refractivity contribution in [1.29, 1.82) is 0 Å². The minimum absolute atomic E-state index is 0.0938. The molecule has 0 unspecified atom stereocenters. The maximum atomic E-state index is 13.1. The summed E-state index contributed by atoms with van der Waals surface area (Å²) in [6.45, 7) is 0.668. The molecule has 2 aromatic rings. The van der Waals surface area contributed by atoms with Gasteiger partial charge in [-0.05, 0) is 54.8 Å². The minimum Gasteiger partial charge on any atom is -0.497 e. The molecule has 0 bridgehead atoms. The monoisotopic (exact) mass is 420 g/mol. The van der Waals surface area contributed by atoms with Crippen molar-refractivity contribution in [3.63, 3.8) is 0 Å². The summed E-state index contributed by atoms with van der Waals surface area (Å²) >= 11 is 0. The van der Waals surface area contributed by atoms with Crippen LogP contribution in [0.5, 0.6) is 5.75 Å². The first-order valence-electron chi connectivity index (χ1n) is 9.57. The van der Waals surface area contributed by atoms with Gasteiger partial charge in [0.05, 0.1) is 12.0 Å². The summed E-state index contributed by atoms with van der Waals surface area (Å²) in [5.41, 5.74) is 0.783. The predicted molar refractivity (Wildman–Crippen MR) is 107 cm³/mol. The Morgan fingerprint density at radius 3 is 2.48 bits per heavy atom.